The minimum atomic E-state index is -1.12. The van der Waals surface area contributed by atoms with Gasteiger partial charge in [-0.25, -0.2) is 9.48 Å². The number of hydrogen-bond acceptors (Lipinski definition) is 4. The van der Waals surface area contributed by atoms with Gasteiger partial charge in [0.15, 0.2) is 0 Å². The third kappa shape index (κ3) is 5.03. The molecule has 0 fully saturated rings. The van der Waals surface area contributed by atoms with Crippen LogP contribution in [0, 0.1) is 0 Å². The summed E-state index contributed by atoms with van der Waals surface area (Å²) < 4.78 is 1.13. The second-order valence-corrected chi connectivity index (χ2v) is 6.82. The standard InChI is InChI=1S/C20H23N3O4/c24-18(21-17(20(26)27)11-14-7-3-1-4-8-14)13-23-19(25)12-15-9-5-2-6-10-16(15)22-23/h1,3-4,7-8,12,17H,2,5-6,9-11,13H2,(H,21,24)(H,26,27)/t17-/m0/s1. The summed E-state index contributed by atoms with van der Waals surface area (Å²) in [4.78, 5) is 36.1. The van der Waals surface area contributed by atoms with E-state index in [2.05, 4.69) is 10.4 Å². The number of benzene rings is 1. The van der Waals surface area contributed by atoms with Gasteiger partial charge in [-0.2, -0.15) is 5.10 Å². The molecular weight excluding hydrogens is 346 g/mol. The summed E-state index contributed by atoms with van der Waals surface area (Å²) in [6, 6.07) is 9.58. The van der Waals surface area contributed by atoms with Crippen LogP contribution in [0.1, 0.15) is 36.1 Å². The average molecular weight is 369 g/mol. The third-order valence-corrected chi connectivity index (χ3v) is 4.73. The quantitative estimate of drug-likeness (QED) is 0.748. The number of fused-ring (bicyclic) bond motifs is 1. The van der Waals surface area contributed by atoms with Crippen molar-refractivity contribution in [1.82, 2.24) is 15.1 Å². The Balaban J connectivity index is 1.69. The Morgan fingerprint density at radius 1 is 1.15 bits per heavy atom. The van der Waals surface area contributed by atoms with Gasteiger partial charge in [-0.3, -0.25) is 9.59 Å². The number of carbonyl (C=O) groups is 2. The predicted octanol–water partition coefficient (Wildman–Crippen LogP) is 1.32. The highest BCUT2D eigenvalue weighted by molar-refractivity contribution is 5.83. The van der Waals surface area contributed by atoms with Crippen molar-refractivity contribution in [2.75, 3.05) is 0 Å². The maximum atomic E-state index is 12.3. The lowest BCUT2D eigenvalue weighted by atomic mass is 10.1. The third-order valence-electron chi connectivity index (χ3n) is 4.73. The van der Waals surface area contributed by atoms with Crippen LogP contribution in [0.2, 0.25) is 0 Å². The van der Waals surface area contributed by atoms with E-state index in [1.54, 1.807) is 18.2 Å². The molecule has 0 aliphatic heterocycles. The van der Waals surface area contributed by atoms with Crippen molar-refractivity contribution >= 4 is 11.9 Å². The molecule has 0 saturated heterocycles. The van der Waals surface area contributed by atoms with Gasteiger partial charge in [0, 0.05) is 12.5 Å². The van der Waals surface area contributed by atoms with E-state index in [-0.39, 0.29) is 18.5 Å². The first-order valence-electron chi connectivity index (χ1n) is 9.19. The molecule has 142 valence electrons. The average Bonchev–Trinajstić information content (AvgIpc) is 2.87. The molecule has 7 heteroatoms. The zero-order chi connectivity index (χ0) is 19.2. The van der Waals surface area contributed by atoms with E-state index < -0.39 is 17.9 Å². The number of carboxylic acid groups (broad SMARTS) is 1. The highest BCUT2D eigenvalue weighted by atomic mass is 16.4. The lowest BCUT2D eigenvalue weighted by molar-refractivity contribution is -0.141. The molecule has 1 aliphatic rings. The normalized spacial score (nSPS) is 14.7. The van der Waals surface area contributed by atoms with Crippen molar-refractivity contribution in [3.05, 3.63) is 63.6 Å². The van der Waals surface area contributed by atoms with Crippen LogP contribution in [-0.2, 0) is 35.4 Å². The molecule has 27 heavy (non-hydrogen) atoms. The number of amides is 1. The number of rotatable bonds is 6. The van der Waals surface area contributed by atoms with Gasteiger partial charge in [-0.15, -0.1) is 0 Å². The SMILES string of the molecule is O=C(Cn1nc2c(cc1=O)CCCCC2)N[C@@H](Cc1ccccc1)C(=O)O. The number of nitrogens with zero attached hydrogens (tertiary/aromatic N) is 2. The Morgan fingerprint density at radius 3 is 2.63 bits per heavy atom. The topological polar surface area (TPSA) is 101 Å². The molecule has 0 spiro atoms. The highest BCUT2D eigenvalue weighted by Gasteiger charge is 2.21. The first-order valence-corrected chi connectivity index (χ1v) is 9.19. The van der Waals surface area contributed by atoms with Crippen molar-refractivity contribution < 1.29 is 14.7 Å². The number of aryl methyl sites for hydroxylation is 2. The summed E-state index contributed by atoms with van der Waals surface area (Å²) >= 11 is 0. The maximum absolute atomic E-state index is 12.3. The summed E-state index contributed by atoms with van der Waals surface area (Å²) in [6.45, 7) is -0.287. The molecular formula is C20H23N3O4. The summed E-state index contributed by atoms with van der Waals surface area (Å²) in [6.07, 6.45) is 4.96. The van der Waals surface area contributed by atoms with Crippen molar-refractivity contribution in [3.8, 4) is 0 Å². The van der Waals surface area contributed by atoms with E-state index >= 15 is 0 Å². The number of hydrogen-bond donors (Lipinski definition) is 2. The Labute approximate surface area is 157 Å². The Kier molecular flexibility index (Phi) is 6.01. The highest BCUT2D eigenvalue weighted by Crippen LogP contribution is 2.16. The van der Waals surface area contributed by atoms with Gasteiger partial charge >= 0.3 is 5.97 Å². The lowest BCUT2D eigenvalue weighted by Gasteiger charge is -2.15. The lowest BCUT2D eigenvalue weighted by Crippen LogP contribution is -2.45. The molecule has 1 atom stereocenters. The molecule has 0 radical (unpaired) electrons. The summed E-state index contributed by atoms with van der Waals surface area (Å²) in [5.74, 6) is -1.66. The molecule has 2 aromatic rings. The molecule has 1 aliphatic carbocycles. The van der Waals surface area contributed by atoms with Crippen molar-refractivity contribution in [1.29, 1.82) is 0 Å². The van der Waals surface area contributed by atoms with Crippen molar-refractivity contribution in [3.63, 3.8) is 0 Å². The molecule has 1 aromatic heterocycles. The second kappa shape index (κ2) is 8.62. The molecule has 0 unspecified atom stereocenters. The summed E-state index contributed by atoms with van der Waals surface area (Å²) in [5, 5.41) is 16.2. The Hall–Kier alpha value is -2.96. The smallest absolute Gasteiger partial charge is 0.326 e. The molecule has 0 bridgehead atoms. The molecule has 0 saturated carbocycles. The molecule has 1 amide bonds. The predicted molar refractivity (Wildman–Crippen MR) is 99.5 cm³/mol. The van der Waals surface area contributed by atoms with Crippen LogP contribution in [0.3, 0.4) is 0 Å². The molecule has 1 heterocycles. The van der Waals surface area contributed by atoms with Crippen LogP contribution >= 0.6 is 0 Å². The largest absolute Gasteiger partial charge is 0.480 e. The molecule has 3 rings (SSSR count). The maximum Gasteiger partial charge on any atom is 0.326 e. The van der Waals surface area contributed by atoms with E-state index in [0.717, 1.165) is 53.6 Å². The molecule has 7 nitrogen and oxygen atoms in total. The zero-order valence-electron chi connectivity index (χ0n) is 15.1. The second-order valence-electron chi connectivity index (χ2n) is 6.82. The first kappa shape index (κ1) is 18.8. The number of aliphatic carboxylic acids is 1. The number of carboxylic acids is 1. The number of aromatic nitrogens is 2. The van der Waals surface area contributed by atoms with Gasteiger partial charge < -0.3 is 10.4 Å². The van der Waals surface area contributed by atoms with Gasteiger partial charge in [0.1, 0.15) is 12.6 Å². The minimum absolute atomic E-state index is 0.175. The first-order chi connectivity index (χ1) is 13.0. The van der Waals surface area contributed by atoms with E-state index in [1.807, 2.05) is 18.2 Å². The monoisotopic (exact) mass is 369 g/mol. The van der Waals surface area contributed by atoms with E-state index in [1.165, 1.54) is 0 Å². The van der Waals surface area contributed by atoms with E-state index in [0.29, 0.717) is 0 Å². The number of carbonyl (C=O) groups excluding carboxylic acids is 1. The van der Waals surface area contributed by atoms with E-state index in [9.17, 15) is 19.5 Å². The summed E-state index contributed by atoms with van der Waals surface area (Å²) in [5.41, 5.74) is 2.30. The van der Waals surface area contributed by atoms with Gasteiger partial charge in [0.2, 0.25) is 5.91 Å². The van der Waals surface area contributed by atoms with Crippen LogP contribution in [0.15, 0.2) is 41.2 Å². The van der Waals surface area contributed by atoms with Crippen molar-refractivity contribution in [2.45, 2.75) is 51.1 Å². The fourth-order valence-electron chi connectivity index (χ4n) is 3.32. The van der Waals surface area contributed by atoms with Crippen LogP contribution in [0.25, 0.3) is 0 Å². The number of nitrogens with one attached hydrogen (secondary N) is 1. The summed E-state index contributed by atoms with van der Waals surface area (Å²) in [7, 11) is 0. The van der Waals surface area contributed by atoms with Gasteiger partial charge in [-0.05, 0) is 36.8 Å². The van der Waals surface area contributed by atoms with Crippen LogP contribution in [0.5, 0.6) is 0 Å². The molecule has 2 N–H and O–H groups in total. The van der Waals surface area contributed by atoms with E-state index in [4.69, 9.17) is 0 Å². The fourth-order valence-corrected chi connectivity index (χ4v) is 3.32. The minimum Gasteiger partial charge on any atom is -0.480 e. The van der Waals surface area contributed by atoms with Gasteiger partial charge in [-0.1, -0.05) is 36.8 Å². The van der Waals surface area contributed by atoms with Crippen LogP contribution in [0.4, 0.5) is 0 Å². The molecule has 1 aromatic carbocycles. The van der Waals surface area contributed by atoms with Gasteiger partial charge in [0.25, 0.3) is 5.56 Å². The van der Waals surface area contributed by atoms with Gasteiger partial charge in [0.05, 0.1) is 5.69 Å². The van der Waals surface area contributed by atoms with Crippen LogP contribution in [-0.4, -0.2) is 32.8 Å². The zero-order valence-corrected chi connectivity index (χ0v) is 15.1. The van der Waals surface area contributed by atoms with Crippen molar-refractivity contribution in [2.24, 2.45) is 0 Å². The van der Waals surface area contributed by atoms with Crippen LogP contribution < -0.4 is 10.9 Å². The Bertz CT molecular complexity index is 877. The Morgan fingerprint density at radius 2 is 1.89 bits per heavy atom. The fraction of sp³-hybridized carbons (Fsp3) is 0.400.